The van der Waals surface area contributed by atoms with Gasteiger partial charge >= 0.3 is 5.97 Å². The van der Waals surface area contributed by atoms with Crippen LogP contribution in [0.4, 0.5) is 0 Å². The van der Waals surface area contributed by atoms with E-state index >= 15 is 0 Å². The molecule has 116 valence electrons. The van der Waals surface area contributed by atoms with Crippen molar-refractivity contribution < 1.29 is 19.5 Å². The maximum Gasteiger partial charge on any atom is 0.305 e. The van der Waals surface area contributed by atoms with E-state index in [0.29, 0.717) is 18.7 Å². The second kappa shape index (κ2) is 5.19. The Kier molecular flexibility index (Phi) is 3.63. The van der Waals surface area contributed by atoms with Crippen LogP contribution in [0.3, 0.4) is 0 Å². The number of rotatable bonds is 3. The Morgan fingerprint density at radius 3 is 2.95 bits per heavy atom. The lowest BCUT2D eigenvalue weighted by Crippen LogP contribution is -2.52. The molecule has 0 saturated carbocycles. The largest absolute Gasteiger partial charge is 0.481 e. The van der Waals surface area contributed by atoms with Crippen molar-refractivity contribution in [3.8, 4) is 0 Å². The Bertz CT molecular complexity index is 497. The molecule has 0 bridgehead atoms. The topological polar surface area (TPSA) is 77.9 Å². The van der Waals surface area contributed by atoms with E-state index in [1.807, 2.05) is 6.92 Å². The van der Waals surface area contributed by atoms with Gasteiger partial charge in [0.1, 0.15) is 6.04 Å². The highest BCUT2D eigenvalue weighted by molar-refractivity contribution is 8.01. The fourth-order valence-corrected chi connectivity index (χ4v) is 5.16. The van der Waals surface area contributed by atoms with E-state index in [2.05, 4.69) is 0 Å². The van der Waals surface area contributed by atoms with Crippen LogP contribution in [0.2, 0.25) is 0 Å². The lowest BCUT2D eigenvalue weighted by molar-refractivity contribution is -0.146. The molecular formula is C14H20N2O4S. The van der Waals surface area contributed by atoms with Gasteiger partial charge in [-0.25, -0.2) is 0 Å². The standard InChI is InChI=1S/C14H20N2O4S/c1-14-5-4-11(17)16(14)10(8-21-14)13(20)15-6-2-3-9(15)7-12(18)19/h9-10H,2-8H2,1H3,(H,18,19). The number of carbonyl (C=O) groups is 3. The minimum atomic E-state index is -0.873. The molecule has 3 heterocycles. The number of carbonyl (C=O) groups excluding carboxylic acids is 2. The third-order valence-corrected chi connectivity index (χ3v) is 6.31. The van der Waals surface area contributed by atoms with Crippen molar-refractivity contribution in [2.45, 2.75) is 56.0 Å². The van der Waals surface area contributed by atoms with Crippen LogP contribution >= 0.6 is 11.8 Å². The Labute approximate surface area is 127 Å². The molecule has 1 N–H and O–H groups in total. The highest BCUT2D eigenvalue weighted by Crippen LogP contribution is 2.47. The summed E-state index contributed by atoms with van der Waals surface area (Å²) >= 11 is 1.67. The van der Waals surface area contributed by atoms with Gasteiger partial charge in [0.2, 0.25) is 11.8 Å². The molecule has 3 saturated heterocycles. The van der Waals surface area contributed by atoms with E-state index in [0.717, 1.165) is 19.3 Å². The molecule has 6 nitrogen and oxygen atoms in total. The minimum Gasteiger partial charge on any atom is -0.481 e. The molecule has 3 unspecified atom stereocenters. The van der Waals surface area contributed by atoms with Crippen molar-refractivity contribution in [3.63, 3.8) is 0 Å². The number of amides is 2. The van der Waals surface area contributed by atoms with Crippen LogP contribution in [0.5, 0.6) is 0 Å². The van der Waals surface area contributed by atoms with Gasteiger partial charge in [-0.05, 0) is 26.2 Å². The summed E-state index contributed by atoms with van der Waals surface area (Å²) in [7, 11) is 0. The smallest absolute Gasteiger partial charge is 0.305 e. The number of thioether (sulfide) groups is 1. The number of aliphatic carboxylic acids is 1. The van der Waals surface area contributed by atoms with E-state index < -0.39 is 12.0 Å². The molecule has 3 atom stereocenters. The molecule has 21 heavy (non-hydrogen) atoms. The molecule has 0 radical (unpaired) electrons. The number of hydrogen-bond acceptors (Lipinski definition) is 4. The molecule has 0 aromatic heterocycles. The van der Waals surface area contributed by atoms with Crippen molar-refractivity contribution in [1.29, 1.82) is 0 Å². The maximum atomic E-state index is 12.8. The number of hydrogen-bond donors (Lipinski definition) is 1. The van der Waals surface area contributed by atoms with E-state index in [4.69, 9.17) is 5.11 Å². The van der Waals surface area contributed by atoms with Crippen LogP contribution in [0.25, 0.3) is 0 Å². The van der Waals surface area contributed by atoms with E-state index in [-0.39, 0.29) is 29.1 Å². The second-order valence-corrected chi connectivity index (χ2v) is 7.69. The predicted octanol–water partition coefficient (Wildman–Crippen LogP) is 0.906. The van der Waals surface area contributed by atoms with Gasteiger partial charge in [-0.1, -0.05) is 0 Å². The molecule has 0 aromatic carbocycles. The summed E-state index contributed by atoms with van der Waals surface area (Å²) in [4.78, 5) is 39.0. The Balaban J connectivity index is 1.76. The van der Waals surface area contributed by atoms with Crippen molar-refractivity contribution in [3.05, 3.63) is 0 Å². The third kappa shape index (κ3) is 2.41. The monoisotopic (exact) mass is 312 g/mol. The van der Waals surface area contributed by atoms with Crippen LogP contribution in [0, 0.1) is 0 Å². The number of nitrogens with zero attached hydrogens (tertiary/aromatic N) is 2. The van der Waals surface area contributed by atoms with Crippen LogP contribution < -0.4 is 0 Å². The van der Waals surface area contributed by atoms with Crippen molar-refractivity contribution >= 4 is 29.5 Å². The first kappa shape index (κ1) is 14.7. The summed E-state index contributed by atoms with van der Waals surface area (Å²) in [6, 6.07) is -0.631. The second-order valence-electron chi connectivity index (χ2n) is 6.19. The SMILES string of the molecule is CC12CCC(=O)N1C(C(=O)N1CCCC1CC(=O)O)CS2. The van der Waals surface area contributed by atoms with E-state index in [1.165, 1.54) is 0 Å². The van der Waals surface area contributed by atoms with Gasteiger partial charge in [0, 0.05) is 24.8 Å². The van der Waals surface area contributed by atoms with Crippen LogP contribution in [0.15, 0.2) is 0 Å². The van der Waals surface area contributed by atoms with Gasteiger partial charge in [0.25, 0.3) is 0 Å². The maximum absolute atomic E-state index is 12.8. The molecule has 2 amide bonds. The first-order valence-corrected chi connectivity index (χ1v) is 8.39. The summed E-state index contributed by atoms with van der Waals surface area (Å²) in [5, 5.41) is 8.97. The Morgan fingerprint density at radius 2 is 2.24 bits per heavy atom. The molecular weight excluding hydrogens is 292 g/mol. The number of carboxylic acids is 1. The van der Waals surface area contributed by atoms with Gasteiger partial charge < -0.3 is 14.9 Å². The van der Waals surface area contributed by atoms with E-state index in [9.17, 15) is 14.4 Å². The molecule has 3 fully saturated rings. The van der Waals surface area contributed by atoms with Crippen molar-refractivity contribution in [2.75, 3.05) is 12.3 Å². The van der Waals surface area contributed by atoms with Crippen LogP contribution in [-0.4, -0.2) is 61.9 Å². The number of carboxylic acid groups (broad SMARTS) is 1. The van der Waals surface area contributed by atoms with Gasteiger partial charge in [-0.3, -0.25) is 14.4 Å². The van der Waals surface area contributed by atoms with Crippen molar-refractivity contribution in [2.24, 2.45) is 0 Å². The molecule has 3 aliphatic rings. The van der Waals surface area contributed by atoms with Gasteiger partial charge in [-0.15, -0.1) is 11.8 Å². The third-order valence-electron chi connectivity index (χ3n) is 4.80. The fraction of sp³-hybridized carbons (Fsp3) is 0.786. The molecule has 7 heteroatoms. The summed E-state index contributed by atoms with van der Waals surface area (Å²) in [5.74, 6) is -0.264. The highest BCUT2D eigenvalue weighted by Gasteiger charge is 2.54. The Morgan fingerprint density at radius 1 is 1.48 bits per heavy atom. The fourth-order valence-electron chi connectivity index (χ4n) is 3.73. The zero-order chi connectivity index (χ0) is 15.2. The van der Waals surface area contributed by atoms with Gasteiger partial charge in [0.15, 0.2) is 0 Å². The molecule has 3 aliphatic heterocycles. The molecule has 0 aromatic rings. The van der Waals surface area contributed by atoms with Crippen LogP contribution in [-0.2, 0) is 14.4 Å². The van der Waals surface area contributed by atoms with Crippen molar-refractivity contribution in [1.82, 2.24) is 9.80 Å². The van der Waals surface area contributed by atoms with Crippen LogP contribution in [0.1, 0.15) is 39.0 Å². The quantitative estimate of drug-likeness (QED) is 0.838. The average molecular weight is 312 g/mol. The van der Waals surface area contributed by atoms with Gasteiger partial charge in [0.05, 0.1) is 11.3 Å². The summed E-state index contributed by atoms with van der Waals surface area (Å²) in [5.41, 5.74) is 0. The van der Waals surface area contributed by atoms with E-state index in [1.54, 1.807) is 21.6 Å². The summed E-state index contributed by atoms with van der Waals surface area (Å²) in [6.07, 6.45) is 2.87. The number of likely N-dealkylation sites (tertiary alicyclic amines) is 1. The number of fused-ring (bicyclic) bond motifs is 1. The average Bonchev–Trinajstić information content (AvgIpc) is 3.06. The lowest BCUT2D eigenvalue weighted by atomic mass is 10.1. The molecule has 0 spiro atoms. The van der Waals surface area contributed by atoms with Gasteiger partial charge in [-0.2, -0.15) is 0 Å². The molecule has 3 rings (SSSR count). The predicted molar refractivity (Wildman–Crippen MR) is 77.7 cm³/mol. The summed E-state index contributed by atoms with van der Waals surface area (Å²) < 4.78 is 0. The molecule has 0 aliphatic carbocycles. The normalized spacial score (nSPS) is 35.4. The zero-order valence-corrected chi connectivity index (χ0v) is 12.9. The Hall–Kier alpha value is -1.24. The first-order chi connectivity index (χ1) is 9.92. The summed E-state index contributed by atoms with van der Waals surface area (Å²) in [6.45, 7) is 2.63. The zero-order valence-electron chi connectivity index (χ0n) is 12.1. The lowest BCUT2D eigenvalue weighted by Gasteiger charge is -2.33. The highest BCUT2D eigenvalue weighted by atomic mass is 32.2. The first-order valence-electron chi connectivity index (χ1n) is 7.41. The minimum absolute atomic E-state index is 0.00316.